The molecule has 9 nitrogen and oxygen atoms in total. The van der Waals surface area contributed by atoms with Gasteiger partial charge in [-0.3, -0.25) is 19.2 Å². The Bertz CT molecular complexity index is 770. The zero-order valence-corrected chi connectivity index (χ0v) is 18.9. The van der Waals surface area contributed by atoms with Crippen LogP contribution in [0.5, 0.6) is 5.75 Å². The number of aromatic hydroxyl groups is 1. The summed E-state index contributed by atoms with van der Waals surface area (Å²) >= 11 is 4.02. The molecule has 6 N–H and O–H groups in total. The van der Waals surface area contributed by atoms with E-state index < -0.39 is 35.8 Å². The zero-order valence-electron chi connectivity index (χ0n) is 18.1. The van der Waals surface area contributed by atoms with Crippen molar-refractivity contribution in [3.8, 4) is 5.75 Å². The van der Waals surface area contributed by atoms with E-state index in [1.165, 1.54) is 19.1 Å². The summed E-state index contributed by atoms with van der Waals surface area (Å²) < 4.78 is 0. The second-order valence-corrected chi connectivity index (χ2v) is 8.17. The predicted octanol–water partition coefficient (Wildman–Crippen LogP) is 0.260. The smallest absolute Gasteiger partial charge is 0.243 e. The van der Waals surface area contributed by atoms with Gasteiger partial charge in [0.2, 0.25) is 23.6 Å². The largest absolute Gasteiger partial charge is 0.508 e. The molecule has 0 heterocycles. The van der Waals surface area contributed by atoms with Gasteiger partial charge in [-0.05, 0) is 36.5 Å². The average molecular weight is 453 g/mol. The second kappa shape index (κ2) is 12.8. The molecule has 0 aliphatic rings. The van der Waals surface area contributed by atoms with Crippen LogP contribution in [0.3, 0.4) is 0 Å². The Balaban J connectivity index is 3.04. The first kappa shape index (κ1) is 26.3. The van der Waals surface area contributed by atoms with E-state index in [9.17, 15) is 24.3 Å². The summed E-state index contributed by atoms with van der Waals surface area (Å²) in [5.74, 6) is -1.81. The van der Waals surface area contributed by atoms with Gasteiger partial charge in [0, 0.05) is 19.1 Å². The van der Waals surface area contributed by atoms with E-state index in [4.69, 9.17) is 5.73 Å². The van der Waals surface area contributed by atoms with Crippen molar-refractivity contribution in [2.24, 2.45) is 11.7 Å². The fraction of sp³-hybridized carbons (Fsp3) is 0.524. The summed E-state index contributed by atoms with van der Waals surface area (Å²) in [5.41, 5.74) is 5.95. The Kier molecular flexibility index (Phi) is 10.9. The van der Waals surface area contributed by atoms with E-state index in [2.05, 4.69) is 28.6 Å². The van der Waals surface area contributed by atoms with Gasteiger partial charge in [-0.1, -0.05) is 26.0 Å². The number of primary amides is 1. The number of hydrogen-bond donors (Lipinski definition) is 6. The van der Waals surface area contributed by atoms with Crippen molar-refractivity contribution in [3.05, 3.63) is 29.8 Å². The molecule has 0 fully saturated rings. The molecule has 0 spiro atoms. The maximum atomic E-state index is 12.9. The minimum absolute atomic E-state index is 0.00382. The van der Waals surface area contributed by atoms with Crippen LogP contribution in [0, 0.1) is 5.92 Å². The molecule has 0 aromatic heterocycles. The van der Waals surface area contributed by atoms with Gasteiger partial charge in [-0.15, -0.1) is 0 Å². The first-order valence-electron chi connectivity index (χ1n) is 10.1. The molecule has 0 unspecified atom stereocenters. The lowest BCUT2D eigenvalue weighted by Crippen LogP contribution is -2.57. The number of nitrogens with two attached hydrogens (primary N) is 1. The molecule has 1 aromatic carbocycles. The van der Waals surface area contributed by atoms with E-state index in [-0.39, 0.29) is 23.8 Å². The van der Waals surface area contributed by atoms with Crippen LogP contribution in [0.4, 0.5) is 0 Å². The molecular formula is C21H32N4O5S. The molecule has 172 valence electrons. The minimum atomic E-state index is -1.03. The SMILES string of the molecule is CC(=O)N[C@@H](CCC(C)C)C(=O)N[C@@H](Cc1ccc(O)cc1)C(=O)N[C@@H](CS)C(N)=O. The Labute approximate surface area is 187 Å². The number of amides is 4. The Hall–Kier alpha value is -2.75. The molecule has 1 aromatic rings. The Morgan fingerprint density at radius 1 is 0.935 bits per heavy atom. The van der Waals surface area contributed by atoms with E-state index in [1.54, 1.807) is 12.1 Å². The standard InChI is InChI=1S/C21H32N4O5S/c1-12(2)4-9-16(23-13(3)26)20(29)24-17(10-14-5-7-15(27)8-6-14)21(30)25-18(11-31)19(22)28/h5-8,12,16-18,27,31H,4,9-11H2,1-3H3,(H2,22,28)(H,23,26)(H,24,29)(H,25,30)/t16-,17-,18-/m0/s1. The van der Waals surface area contributed by atoms with Crippen LogP contribution in [0.1, 0.15) is 39.2 Å². The molecule has 0 saturated carbocycles. The van der Waals surface area contributed by atoms with Gasteiger partial charge in [0.25, 0.3) is 0 Å². The van der Waals surface area contributed by atoms with Crippen LogP contribution in [-0.4, -0.2) is 52.6 Å². The van der Waals surface area contributed by atoms with Gasteiger partial charge in [0.05, 0.1) is 0 Å². The van der Waals surface area contributed by atoms with Crippen molar-refractivity contribution in [3.63, 3.8) is 0 Å². The van der Waals surface area contributed by atoms with Gasteiger partial charge in [-0.2, -0.15) is 12.6 Å². The molecule has 4 amide bonds. The van der Waals surface area contributed by atoms with Crippen LogP contribution in [0.15, 0.2) is 24.3 Å². The van der Waals surface area contributed by atoms with Crippen molar-refractivity contribution < 1.29 is 24.3 Å². The quantitative estimate of drug-likeness (QED) is 0.251. The summed E-state index contributed by atoms with van der Waals surface area (Å²) in [4.78, 5) is 48.7. The third-order valence-electron chi connectivity index (χ3n) is 4.58. The van der Waals surface area contributed by atoms with Crippen molar-refractivity contribution in [2.45, 2.75) is 58.2 Å². The van der Waals surface area contributed by atoms with Gasteiger partial charge in [0.1, 0.15) is 23.9 Å². The van der Waals surface area contributed by atoms with Crippen molar-refractivity contribution in [1.82, 2.24) is 16.0 Å². The number of rotatable bonds is 12. The summed E-state index contributed by atoms with van der Waals surface area (Å²) in [6.45, 7) is 5.33. The van der Waals surface area contributed by atoms with E-state index in [0.717, 1.165) is 0 Å². The normalized spacial score (nSPS) is 13.7. The van der Waals surface area contributed by atoms with E-state index >= 15 is 0 Å². The monoisotopic (exact) mass is 452 g/mol. The topological polar surface area (TPSA) is 151 Å². The van der Waals surface area contributed by atoms with Crippen LogP contribution >= 0.6 is 12.6 Å². The van der Waals surface area contributed by atoms with E-state index in [1.807, 2.05) is 13.8 Å². The highest BCUT2D eigenvalue weighted by Crippen LogP contribution is 2.13. The fourth-order valence-corrected chi connectivity index (χ4v) is 3.11. The summed E-state index contributed by atoms with van der Waals surface area (Å²) in [6.07, 6.45) is 1.22. The maximum absolute atomic E-state index is 12.9. The molecule has 0 aliphatic carbocycles. The average Bonchev–Trinajstić information content (AvgIpc) is 2.69. The lowest BCUT2D eigenvalue weighted by molar-refractivity contribution is -0.133. The number of carbonyl (C=O) groups excluding carboxylic acids is 4. The van der Waals surface area contributed by atoms with Crippen molar-refractivity contribution in [2.75, 3.05) is 5.75 Å². The number of nitrogens with one attached hydrogen (secondary N) is 3. The Morgan fingerprint density at radius 3 is 1.97 bits per heavy atom. The third kappa shape index (κ3) is 9.73. The first-order chi connectivity index (χ1) is 14.5. The van der Waals surface area contributed by atoms with Gasteiger partial charge >= 0.3 is 0 Å². The second-order valence-electron chi connectivity index (χ2n) is 7.80. The molecule has 31 heavy (non-hydrogen) atoms. The molecule has 3 atom stereocenters. The number of benzene rings is 1. The number of thiol groups is 1. The highest BCUT2D eigenvalue weighted by molar-refractivity contribution is 7.80. The van der Waals surface area contributed by atoms with Gasteiger partial charge in [-0.25, -0.2) is 0 Å². The summed E-state index contributed by atoms with van der Waals surface area (Å²) in [5, 5.41) is 17.3. The molecule has 0 bridgehead atoms. The van der Waals surface area contributed by atoms with Crippen molar-refractivity contribution in [1.29, 1.82) is 0 Å². The first-order valence-corrected chi connectivity index (χ1v) is 10.7. The molecule has 0 radical (unpaired) electrons. The fourth-order valence-electron chi connectivity index (χ4n) is 2.84. The number of phenolic OH excluding ortho intramolecular Hbond substituents is 1. The zero-order chi connectivity index (χ0) is 23.6. The minimum Gasteiger partial charge on any atom is -0.508 e. The van der Waals surface area contributed by atoms with Crippen LogP contribution in [-0.2, 0) is 25.6 Å². The number of phenols is 1. The van der Waals surface area contributed by atoms with E-state index in [0.29, 0.717) is 24.3 Å². The molecule has 0 saturated heterocycles. The van der Waals surface area contributed by atoms with Crippen LogP contribution in [0.2, 0.25) is 0 Å². The lowest BCUT2D eigenvalue weighted by Gasteiger charge is -2.24. The third-order valence-corrected chi connectivity index (χ3v) is 4.94. The molecule has 10 heteroatoms. The highest BCUT2D eigenvalue weighted by atomic mass is 32.1. The Morgan fingerprint density at radius 2 is 1.48 bits per heavy atom. The summed E-state index contributed by atoms with van der Waals surface area (Å²) in [6, 6.07) is 3.35. The molecule has 1 rings (SSSR count). The van der Waals surface area contributed by atoms with Crippen LogP contribution in [0.25, 0.3) is 0 Å². The van der Waals surface area contributed by atoms with Crippen molar-refractivity contribution >= 4 is 36.3 Å². The van der Waals surface area contributed by atoms with Gasteiger partial charge < -0.3 is 26.8 Å². The molecular weight excluding hydrogens is 420 g/mol. The number of hydrogen-bond acceptors (Lipinski definition) is 6. The number of carbonyl (C=O) groups is 4. The maximum Gasteiger partial charge on any atom is 0.243 e. The van der Waals surface area contributed by atoms with Crippen LogP contribution < -0.4 is 21.7 Å². The lowest BCUT2D eigenvalue weighted by atomic mass is 10.0. The van der Waals surface area contributed by atoms with Gasteiger partial charge in [0.15, 0.2) is 0 Å². The highest BCUT2D eigenvalue weighted by Gasteiger charge is 2.28. The molecule has 0 aliphatic heterocycles. The predicted molar refractivity (Wildman–Crippen MR) is 120 cm³/mol. The summed E-state index contributed by atoms with van der Waals surface area (Å²) in [7, 11) is 0.